The standard InChI is InChI=1S/C14H14N2OS/c17-14(12-8-18-9-15-12)16-13(11-6-7-11)10-4-2-1-3-5-10/h1-5,8-9,11,13H,6-7H2,(H,16,17). The van der Waals surface area contributed by atoms with Crippen molar-refractivity contribution in [1.29, 1.82) is 0 Å². The first-order valence-corrected chi connectivity index (χ1v) is 7.03. The molecule has 3 rings (SSSR count). The summed E-state index contributed by atoms with van der Waals surface area (Å²) in [7, 11) is 0. The van der Waals surface area contributed by atoms with Crippen molar-refractivity contribution in [2.45, 2.75) is 18.9 Å². The Hall–Kier alpha value is -1.68. The molecule has 18 heavy (non-hydrogen) atoms. The van der Waals surface area contributed by atoms with Crippen LogP contribution in [0.3, 0.4) is 0 Å². The van der Waals surface area contributed by atoms with E-state index in [1.807, 2.05) is 18.2 Å². The highest BCUT2D eigenvalue weighted by Crippen LogP contribution is 2.41. The van der Waals surface area contributed by atoms with Crippen LogP contribution >= 0.6 is 11.3 Å². The van der Waals surface area contributed by atoms with Crippen molar-refractivity contribution >= 4 is 17.2 Å². The lowest BCUT2D eigenvalue weighted by Gasteiger charge is -2.18. The molecule has 1 atom stereocenters. The first kappa shape index (κ1) is 11.4. The molecule has 0 bridgehead atoms. The molecule has 1 aliphatic rings. The van der Waals surface area contributed by atoms with Gasteiger partial charge in [-0.15, -0.1) is 11.3 Å². The Bertz CT molecular complexity index is 520. The quantitative estimate of drug-likeness (QED) is 0.916. The SMILES string of the molecule is O=C(NC(c1ccccc1)C1CC1)c1cscn1. The van der Waals surface area contributed by atoms with Crippen LogP contribution in [0.25, 0.3) is 0 Å². The molecular weight excluding hydrogens is 244 g/mol. The van der Waals surface area contributed by atoms with Crippen molar-refractivity contribution in [3.05, 3.63) is 52.5 Å². The van der Waals surface area contributed by atoms with Crippen LogP contribution in [-0.4, -0.2) is 10.9 Å². The molecule has 1 amide bonds. The third kappa shape index (κ3) is 2.43. The molecule has 1 fully saturated rings. The molecule has 4 heteroatoms. The molecule has 1 aromatic heterocycles. The lowest BCUT2D eigenvalue weighted by Crippen LogP contribution is -2.30. The number of thiazole rings is 1. The van der Waals surface area contributed by atoms with Crippen molar-refractivity contribution in [3.8, 4) is 0 Å². The van der Waals surface area contributed by atoms with Crippen LogP contribution in [0.5, 0.6) is 0 Å². The average Bonchev–Trinajstić information content (AvgIpc) is 3.10. The number of hydrogen-bond donors (Lipinski definition) is 1. The molecule has 2 aromatic rings. The zero-order chi connectivity index (χ0) is 12.4. The Morgan fingerprint density at radius 1 is 1.33 bits per heavy atom. The number of nitrogens with one attached hydrogen (secondary N) is 1. The summed E-state index contributed by atoms with van der Waals surface area (Å²) in [5.41, 5.74) is 3.38. The maximum absolute atomic E-state index is 12.1. The van der Waals surface area contributed by atoms with Gasteiger partial charge in [0.25, 0.3) is 5.91 Å². The third-order valence-electron chi connectivity index (χ3n) is 3.20. The summed E-state index contributed by atoms with van der Waals surface area (Å²) in [6.07, 6.45) is 2.38. The highest BCUT2D eigenvalue weighted by Gasteiger charge is 2.33. The van der Waals surface area contributed by atoms with Gasteiger partial charge in [0, 0.05) is 5.38 Å². The molecule has 0 radical (unpaired) electrons. The zero-order valence-electron chi connectivity index (χ0n) is 9.87. The molecule has 0 aliphatic heterocycles. The summed E-state index contributed by atoms with van der Waals surface area (Å²) in [6.45, 7) is 0. The molecule has 0 saturated heterocycles. The Balaban J connectivity index is 1.77. The van der Waals surface area contributed by atoms with Gasteiger partial charge in [-0.1, -0.05) is 30.3 Å². The van der Waals surface area contributed by atoms with Gasteiger partial charge in [0.15, 0.2) is 0 Å². The molecule has 92 valence electrons. The normalized spacial score (nSPS) is 16.2. The highest BCUT2D eigenvalue weighted by atomic mass is 32.1. The van der Waals surface area contributed by atoms with E-state index in [0.29, 0.717) is 11.6 Å². The fourth-order valence-electron chi connectivity index (χ4n) is 2.10. The van der Waals surface area contributed by atoms with Crippen molar-refractivity contribution < 1.29 is 4.79 Å². The summed E-state index contributed by atoms with van der Waals surface area (Å²) >= 11 is 1.44. The van der Waals surface area contributed by atoms with Crippen LogP contribution in [0.1, 0.15) is 34.9 Å². The van der Waals surface area contributed by atoms with Gasteiger partial charge >= 0.3 is 0 Å². The van der Waals surface area contributed by atoms with Crippen molar-refractivity contribution in [1.82, 2.24) is 10.3 Å². The second-order valence-corrected chi connectivity index (χ2v) is 5.29. The largest absolute Gasteiger partial charge is 0.344 e. The number of carbonyl (C=O) groups excluding carboxylic acids is 1. The number of amides is 1. The monoisotopic (exact) mass is 258 g/mol. The third-order valence-corrected chi connectivity index (χ3v) is 3.79. The summed E-state index contributed by atoms with van der Waals surface area (Å²) in [5.74, 6) is 0.506. The summed E-state index contributed by atoms with van der Waals surface area (Å²) in [4.78, 5) is 16.1. The van der Waals surface area contributed by atoms with E-state index in [-0.39, 0.29) is 11.9 Å². The van der Waals surface area contributed by atoms with Gasteiger partial charge in [0.2, 0.25) is 0 Å². The van der Waals surface area contributed by atoms with Crippen LogP contribution < -0.4 is 5.32 Å². The van der Waals surface area contributed by atoms with E-state index < -0.39 is 0 Å². The van der Waals surface area contributed by atoms with Gasteiger partial charge in [0.1, 0.15) is 5.69 Å². The smallest absolute Gasteiger partial charge is 0.271 e. The van der Waals surface area contributed by atoms with E-state index in [0.717, 1.165) is 0 Å². The van der Waals surface area contributed by atoms with Gasteiger partial charge in [-0.2, -0.15) is 0 Å². The first-order valence-electron chi connectivity index (χ1n) is 6.08. The van der Waals surface area contributed by atoms with Crippen LogP contribution in [0.4, 0.5) is 0 Å². The Morgan fingerprint density at radius 2 is 2.11 bits per heavy atom. The van der Waals surface area contributed by atoms with Crippen molar-refractivity contribution in [3.63, 3.8) is 0 Å². The minimum absolute atomic E-state index is 0.0722. The fourth-order valence-corrected chi connectivity index (χ4v) is 2.64. The Kier molecular flexibility index (Phi) is 3.11. The van der Waals surface area contributed by atoms with Crippen LogP contribution in [0, 0.1) is 5.92 Å². The number of carbonyl (C=O) groups is 1. The van der Waals surface area contributed by atoms with E-state index in [2.05, 4.69) is 22.4 Å². The fraction of sp³-hybridized carbons (Fsp3) is 0.286. The molecular formula is C14H14N2OS. The van der Waals surface area contributed by atoms with Crippen LogP contribution in [-0.2, 0) is 0 Å². The van der Waals surface area contributed by atoms with Crippen LogP contribution in [0.2, 0.25) is 0 Å². The molecule has 3 nitrogen and oxygen atoms in total. The van der Waals surface area contributed by atoms with E-state index in [1.54, 1.807) is 10.9 Å². The van der Waals surface area contributed by atoms with Crippen molar-refractivity contribution in [2.24, 2.45) is 5.92 Å². The summed E-state index contributed by atoms with van der Waals surface area (Å²) < 4.78 is 0. The maximum atomic E-state index is 12.1. The molecule has 1 heterocycles. The molecule has 1 aliphatic carbocycles. The molecule has 1 saturated carbocycles. The van der Waals surface area contributed by atoms with Gasteiger partial charge in [-0.3, -0.25) is 4.79 Å². The zero-order valence-corrected chi connectivity index (χ0v) is 10.7. The summed E-state index contributed by atoms with van der Waals surface area (Å²) in [6, 6.07) is 10.3. The van der Waals surface area contributed by atoms with Gasteiger partial charge in [-0.25, -0.2) is 4.98 Å². The highest BCUT2D eigenvalue weighted by molar-refractivity contribution is 7.07. The molecule has 0 spiro atoms. The van der Waals surface area contributed by atoms with Gasteiger partial charge in [0.05, 0.1) is 11.6 Å². The second kappa shape index (κ2) is 4.90. The maximum Gasteiger partial charge on any atom is 0.271 e. The van der Waals surface area contributed by atoms with Crippen molar-refractivity contribution in [2.75, 3.05) is 0 Å². The number of nitrogens with zero attached hydrogens (tertiary/aromatic N) is 1. The minimum atomic E-state index is -0.0722. The average molecular weight is 258 g/mol. The van der Waals surface area contributed by atoms with E-state index >= 15 is 0 Å². The van der Waals surface area contributed by atoms with E-state index in [9.17, 15) is 4.79 Å². The molecule has 1 unspecified atom stereocenters. The summed E-state index contributed by atoms with van der Waals surface area (Å²) in [5, 5.41) is 4.88. The Labute approximate surface area is 110 Å². The molecule has 1 N–H and O–H groups in total. The predicted molar refractivity (Wildman–Crippen MR) is 71.5 cm³/mol. The van der Waals surface area contributed by atoms with Crippen LogP contribution in [0.15, 0.2) is 41.2 Å². The Morgan fingerprint density at radius 3 is 2.72 bits per heavy atom. The second-order valence-electron chi connectivity index (χ2n) is 4.57. The molecule has 1 aromatic carbocycles. The minimum Gasteiger partial charge on any atom is -0.344 e. The predicted octanol–water partition coefficient (Wildman–Crippen LogP) is 3.02. The van der Waals surface area contributed by atoms with E-state index in [4.69, 9.17) is 0 Å². The number of benzene rings is 1. The topological polar surface area (TPSA) is 42.0 Å². The first-order chi connectivity index (χ1) is 8.84. The lowest BCUT2D eigenvalue weighted by atomic mass is 10.0. The number of hydrogen-bond acceptors (Lipinski definition) is 3. The van der Waals surface area contributed by atoms with Gasteiger partial charge < -0.3 is 5.32 Å². The van der Waals surface area contributed by atoms with E-state index in [1.165, 1.54) is 29.7 Å². The van der Waals surface area contributed by atoms with Gasteiger partial charge in [-0.05, 0) is 24.3 Å². The number of rotatable bonds is 4. The lowest BCUT2D eigenvalue weighted by molar-refractivity contribution is 0.0927. The number of aromatic nitrogens is 1.